The predicted molar refractivity (Wildman–Crippen MR) is 107 cm³/mol. The second-order valence-corrected chi connectivity index (χ2v) is 7.74. The average molecular weight is 387 g/mol. The van der Waals surface area contributed by atoms with Crippen LogP contribution in [0.5, 0.6) is 5.75 Å². The Morgan fingerprint density at radius 2 is 2.19 bits per heavy atom. The quantitative estimate of drug-likeness (QED) is 0.796. The highest BCUT2D eigenvalue weighted by molar-refractivity contribution is 6.31. The van der Waals surface area contributed by atoms with Crippen LogP contribution in [0.25, 0.3) is 0 Å². The average Bonchev–Trinajstić information content (AvgIpc) is 3.11. The van der Waals surface area contributed by atoms with Crippen molar-refractivity contribution in [2.45, 2.75) is 38.8 Å². The number of aryl methyl sites for hydroxylation is 1. The van der Waals surface area contributed by atoms with Crippen LogP contribution >= 0.6 is 11.6 Å². The molecule has 2 heterocycles. The fourth-order valence-electron chi connectivity index (χ4n) is 4.06. The molecule has 6 heteroatoms. The smallest absolute Gasteiger partial charge is 0.410 e. The lowest BCUT2D eigenvalue weighted by Gasteiger charge is -2.28. The zero-order valence-electron chi connectivity index (χ0n) is 15.7. The molecule has 0 bridgehead atoms. The summed E-state index contributed by atoms with van der Waals surface area (Å²) in [5.41, 5.74) is 3.81. The maximum atomic E-state index is 12.3. The van der Waals surface area contributed by atoms with Gasteiger partial charge >= 0.3 is 6.09 Å². The lowest BCUT2D eigenvalue weighted by molar-refractivity contribution is 0.0888. The molecule has 1 N–H and O–H groups in total. The number of amides is 1. The van der Waals surface area contributed by atoms with Crippen molar-refractivity contribution in [2.24, 2.45) is 0 Å². The van der Waals surface area contributed by atoms with Gasteiger partial charge in [0, 0.05) is 28.4 Å². The van der Waals surface area contributed by atoms with E-state index >= 15 is 0 Å². The van der Waals surface area contributed by atoms with Crippen LogP contribution in [0.2, 0.25) is 5.02 Å². The van der Waals surface area contributed by atoms with Gasteiger partial charge in [-0.3, -0.25) is 5.32 Å². The van der Waals surface area contributed by atoms with E-state index in [0.717, 1.165) is 30.8 Å². The first-order chi connectivity index (χ1) is 12.9. The third-order valence-electron chi connectivity index (χ3n) is 5.59. The van der Waals surface area contributed by atoms with Crippen LogP contribution in [-0.2, 0) is 10.2 Å². The van der Waals surface area contributed by atoms with Gasteiger partial charge in [0.15, 0.2) is 0 Å². The van der Waals surface area contributed by atoms with Crippen molar-refractivity contribution in [3.05, 3.63) is 52.5 Å². The first-order valence-electron chi connectivity index (χ1n) is 9.20. The van der Waals surface area contributed by atoms with Gasteiger partial charge in [0.05, 0.1) is 6.61 Å². The Kier molecular flexibility index (Phi) is 4.52. The fourth-order valence-corrected chi connectivity index (χ4v) is 4.24. The highest BCUT2D eigenvalue weighted by Crippen LogP contribution is 2.51. The van der Waals surface area contributed by atoms with E-state index in [-0.39, 0.29) is 11.6 Å². The molecule has 2 aromatic rings. The van der Waals surface area contributed by atoms with E-state index in [1.807, 2.05) is 31.2 Å². The highest BCUT2D eigenvalue weighted by Gasteiger charge is 2.51. The minimum absolute atomic E-state index is 0.0521. The van der Waals surface area contributed by atoms with Crippen molar-refractivity contribution in [1.82, 2.24) is 0 Å². The van der Waals surface area contributed by atoms with Crippen molar-refractivity contribution in [1.29, 1.82) is 0 Å². The molecule has 2 aliphatic rings. The van der Waals surface area contributed by atoms with E-state index in [1.54, 1.807) is 12.1 Å². The molecule has 5 nitrogen and oxygen atoms in total. The maximum Gasteiger partial charge on any atom is 0.417 e. The molecule has 27 heavy (non-hydrogen) atoms. The van der Waals surface area contributed by atoms with Crippen LogP contribution in [-0.4, -0.2) is 25.5 Å². The SMILES string of the molecule is CCN1c2ccc(OC(=O)Nc3ccc(C)c(Cl)c3)cc2[C@]2(C)CCO[C@H]12. The lowest BCUT2D eigenvalue weighted by atomic mass is 9.82. The summed E-state index contributed by atoms with van der Waals surface area (Å²) in [4.78, 5) is 14.6. The summed E-state index contributed by atoms with van der Waals surface area (Å²) in [5, 5.41) is 3.32. The maximum absolute atomic E-state index is 12.3. The molecule has 2 aromatic carbocycles. The van der Waals surface area contributed by atoms with Crippen LogP contribution in [0.4, 0.5) is 16.2 Å². The second kappa shape index (κ2) is 6.73. The fraction of sp³-hybridized carbons (Fsp3) is 0.381. The summed E-state index contributed by atoms with van der Waals surface area (Å²) in [7, 11) is 0. The predicted octanol–water partition coefficient (Wildman–Crippen LogP) is 5.10. The largest absolute Gasteiger partial charge is 0.417 e. The summed E-state index contributed by atoms with van der Waals surface area (Å²) in [6.45, 7) is 7.88. The number of ether oxygens (including phenoxy) is 2. The minimum Gasteiger partial charge on any atom is -0.410 e. The number of anilines is 2. The van der Waals surface area contributed by atoms with Gasteiger partial charge in [0.2, 0.25) is 0 Å². The van der Waals surface area contributed by atoms with Crippen molar-refractivity contribution in [3.8, 4) is 5.75 Å². The number of nitrogens with zero attached hydrogens (tertiary/aromatic N) is 1. The molecule has 1 amide bonds. The summed E-state index contributed by atoms with van der Waals surface area (Å²) >= 11 is 6.11. The zero-order chi connectivity index (χ0) is 19.2. The first-order valence-corrected chi connectivity index (χ1v) is 9.58. The Balaban J connectivity index is 1.54. The van der Waals surface area contributed by atoms with Crippen molar-refractivity contribution >= 4 is 29.1 Å². The number of nitrogens with one attached hydrogen (secondary N) is 1. The molecule has 0 aliphatic carbocycles. The molecule has 2 aliphatic heterocycles. The van der Waals surface area contributed by atoms with E-state index in [1.165, 1.54) is 5.56 Å². The van der Waals surface area contributed by atoms with Crippen molar-refractivity contribution in [2.75, 3.05) is 23.4 Å². The van der Waals surface area contributed by atoms with Gasteiger partial charge in [0.25, 0.3) is 0 Å². The third-order valence-corrected chi connectivity index (χ3v) is 5.99. The molecule has 0 unspecified atom stereocenters. The number of likely N-dealkylation sites (N-methyl/N-ethyl adjacent to an activating group) is 1. The van der Waals surface area contributed by atoms with Gasteiger partial charge < -0.3 is 14.4 Å². The summed E-state index contributed by atoms with van der Waals surface area (Å²) in [6, 6.07) is 11.2. The molecule has 0 aromatic heterocycles. The van der Waals surface area contributed by atoms with Crippen LogP contribution in [0.1, 0.15) is 31.4 Å². The summed E-state index contributed by atoms with van der Waals surface area (Å²) in [6.07, 6.45) is 0.472. The number of halogens is 1. The standard InChI is InChI=1S/C21H23ClN2O3/c1-4-24-18-8-7-15(12-16(18)21(3)9-10-26-19(21)24)27-20(25)23-14-6-5-13(2)17(22)11-14/h5-8,11-12,19H,4,9-10H2,1-3H3,(H,23,25)/t19-,21-/m0/s1. The van der Waals surface area contributed by atoms with Crippen molar-refractivity contribution < 1.29 is 14.3 Å². The highest BCUT2D eigenvalue weighted by atomic mass is 35.5. The van der Waals surface area contributed by atoms with Gasteiger partial charge in [-0.25, -0.2) is 4.79 Å². The molecule has 1 saturated heterocycles. The molecule has 4 rings (SSSR count). The minimum atomic E-state index is -0.537. The molecule has 2 atom stereocenters. The van der Waals surface area contributed by atoms with Gasteiger partial charge in [-0.1, -0.05) is 24.6 Å². The van der Waals surface area contributed by atoms with Crippen LogP contribution < -0.4 is 15.0 Å². The van der Waals surface area contributed by atoms with Crippen LogP contribution in [0.15, 0.2) is 36.4 Å². The van der Waals surface area contributed by atoms with Crippen LogP contribution in [0, 0.1) is 6.92 Å². The Labute approximate surface area is 164 Å². The Bertz CT molecular complexity index is 901. The number of carbonyl (C=O) groups is 1. The number of hydrogen-bond acceptors (Lipinski definition) is 4. The Morgan fingerprint density at radius 1 is 1.37 bits per heavy atom. The number of fused-ring (bicyclic) bond motifs is 3. The molecule has 0 spiro atoms. The molecule has 0 saturated carbocycles. The first kappa shape index (κ1) is 18.1. The Morgan fingerprint density at radius 3 is 2.93 bits per heavy atom. The second-order valence-electron chi connectivity index (χ2n) is 7.33. The van der Waals surface area contributed by atoms with E-state index in [9.17, 15) is 4.79 Å². The molecule has 142 valence electrons. The molecule has 0 radical (unpaired) electrons. The van der Waals surface area contributed by atoms with E-state index in [4.69, 9.17) is 21.1 Å². The normalized spacial score (nSPS) is 23.1. The van der Waals surface area contributed by atoms with Crippen molar-refractivity contribution in [3.63, 3.8) is 0 Å². The number of benzene rings is 2. The van der Waals surface area contributed by atoms with E-state index in [0.29, 0.717) is 16.5 Å². The van der Waals surface area contributed by atoms with Gasteiger partial charge in [-0.2, -0.15) is 0 Å². The number of carbonyl (C=O) groups excluding carboxylic acids is 1. The summed E-state index contributed by atoms with van der Waals surface area (Å²) < 4.78 is 11.5. The van der Waals surface area contributed by atoms with Gasteiger partial charge in [-0.05, 0) is 61.7 Å². The van der Waals surface area contributed by atoms with Gasteiger partial charge in [0.1, 0.15) is 12.0 Å². The number of rotatable bonds is 3. The molecule has 1 fully saturated rings. The zero-order valence-corrected chi connectivity index (χ0v) is 16.5. The number of hydrogen-bond donors (Lipinski definition) is 1. The molecular weight excluding hydrogens is 364 g/mol. The van der Waals surface area contributed by atoms with E-state index < -0.39 is 6.09 Å². The Hall–Kier alpha value is -2.24. The van der Waals surface area contributed by atoms with Crippen LogP contribution in [0.3, 0.4) is 0 Å². The molecular formula is C21H23ClN2O3. The van der Waals surface area contributed by atoms with Gasteiger partial charge in [-0.15, -0.1) is 0 Å². The topological polar surface area (TPSA) is 50.8 Å². The lowest BCUT2D eigenvalue weighted by Crippen LogP contribution is -2.39. The van der Waals surface area contributed by atoms with E-state index in [2.05, 4.69) is 24.1 Å². The summed E-state index contributed by atoms with van der Waals surface area (Å²) in [5.74, 6) is 0.522. The monoisotopic (exact) mass is 386 g/mol. The third kappa shape index (κ3) is 3.05.